The van der Waals surface area contributed by atoms with E-state index in [0.29, 0.717) is 0 Å². The Balaban J connectivity index is 3.51. The lowest BCUT2D eigenvalue weighted by Crippen LogP contribution is -2.40. The summed E-state index contributed by atoms with van der Waals surface area (Å²) in [5.41, 5.74) is 5.30. The normalized spacial score (nSPS) is 13.4. The van der Waals surface area contributed by atoms with Crippen LogP contribution in [-0.4, -0.2) is 12.1 Å². The molecule has 0 radical (unpaired) electrons. The quantitative estimate of drug-likeness (QED) is 0.519. The van der Waals surface area contributed by atoms with Crippen molar-refractivity contribution in [2.45, 2.75) is 26.9 Å². The Morgan fingerprint density at radius 3 is 2.00 bits per heavy atom. The number of hydrogen-bond acceptors (Lipinski definition) is 2. The third-order valence-electron chi connectivity index (χ3n) is 0.894. The molecule has 0 bridgehead atoms. The highest BCUT2D eigenvalue weighted by molar-refractivity contribution is 5.77. The Morgan fingerprint density at radius 1 is 1.44 bits per heavy atom. The summed E-state index contributed by atoms with van der Waals surface area (Å²) in [5.74, 6) is 0.0287. The van der Waals surface area contributed by atoms with E-state index in [1.54, 1.807) is 6.92 Å². The molecular weight excluding hydrogens is 116 g/mol. The fraction of sp³-hybridized carbons (Fsp3) is 0.833. The first kappa shape index (κ1) is 8.43. The number of hydrogen-bond donors (Lipinski definition) is 2. The van der Waals surface area contributed by atoms with Crippen molar-refractivity contribution >= 4 is 5.91 Å². The van der Waals surface area contributed by atoms with Gasteiger partial charge in [0.25, 0.3) is 0 Å². The van der Waals surface area contributed by atoms with Crippen LogP contribution in [0.2, 0.25) is 0 Å². The van der Waals surface area contributed by atoms with Crippen molar-refractivity contribution in [2.24, 2.45) is 11.7 Å². The first-order chi connectivity index (χ1) is 4.04. The van der Waals surface area contributed by atoms with E-state index in [9.17, 15) is 4.79 Å². The van der Waals surface area contributed by atoms with Crippen molar-refractivity contribution in [3.63, 3.8) is 0 Å². The molecule has 3 heteroatoms. The summed E-state index contributed by atoms with van der Waals surface area (Å²) in [5, 5.41) is 2.58. The van der Waals surface area contributed by atoms with Crippen LogP contribution in [0.15, 0.2) is 0 Å². The van der Waals surface area contributed by atoms with Crippen LogP contribution < -0.4 is 11.1 Å². The van der Waals surface area contributed by atoms with Crippen molar-refractivity contribution in [1.29, 1.82) is 0 Å². The molecule has 0 saturated carbocycles. The van der Waals surface area contributed by atoms with Crippen LogP contribution in [0.1, 0.15) is 20.8 Å². The lowest BCUT2D eigenvalue weighted by Gasteiger charge is -2.09. The maximum Gasteiger partial charge on any atom is 0.223 e. The zero-order chi connectivity index (χ0) is 7.44. The Labute approximate surface area is 55.6 Å². The van der Waals surface area contributed by atoms with E-state index in [2.05, 4.69) is 5.32 Å². The Morgan fingerprint density at radius 2 is 1.89 bits per heavy atom. The highest BCUT2D eigenvalue weighted by Gasteiger charge is 2.06. The van der Waals surface area contributed by atoms with Crippen molar-refractivity contribution in [2.75, 3.05) is 0 Å². The predicted molar refractivity (Wildman–Crippen MR) is 36.6 cm³/mol. The minimum absolute atomic E-state index is 0.00463. The van der Waals surface area contributed by atoms with E-state index >= 15 is 0 Å². The van der Waals surface area contributed by atoms with Crippen molar-refractivity contribution < 1.29 is 4.79 Å². The minimum Gasteiger partial charge on any atom is -0.341 e. The smallest absolute Gasteiger partial charge is 0.223 e. The van der Waals surface area contributed by atoms with Crippen LogP contribution in [0.3, 0.4) is 0 Å². The van der Waals surface area contributed by atoms with E-state index in [1.165, 1.54) is 0 Å². The standard InChI is InChI=1S/C6H14N2O/c1-4(2)6(9)8-5(3)7/h4-5H,7H2,1-3H3,(H,8,9). The predicted octanol–water partition coefficient (Wildman–Crippen LogP) is 0.0633. The zero-order valence-corrected chi connectivity index (χ0v) is 6.14. The molecule has 0 rings (SSSR count). The van der Waals surface area contributed by atoms with Gasteiger partial charge in [-0.05, 0) is 6.92 Å². The molecule has 3 N–H and O–H groups in total. The summed E-state index contributed by atoms with van der Waals surface area (Å²) in [6.45, 7) is 5.40. The van der Waals surface area contributed by atoms with Crippen LogP contribution in [0, 0.1) is 5.92 Å². The Hall–Kier alpha value is -0.570. The van der Waals surface area contributed by atoms with Gasteiger partial charge in [-0.1, -0.05) is 13.8 Å². The fourth-order valence-electron chi connectivity index (χ4n) is 0.391. The average Bonchev–Trinajstić information content (AvgIpc) is 1.63. The Bertz CT molecular complexity index is 99.2. The van der Waals surface area contributed by atoms with Gasteiger partial charge in [0.2, 0.25) is 5.91 Å². The van der Waals surface area contributed by atoms with Gasteiger partial charge in [-0.15, -0.1) is 0 Å². The lowest BCUT2D eigenvalue weighted by atomic mass is 10.2. The lowest BCUT2D eigenvalue weighted by molar-refractivity contribution is -0.124. The largest absolute Gasteiger partial charge is 0.341 e. The molecule has 54 valence electrons. The zero-order valence-electron chi connectivity index (χ0n) is 6.14. The summed E-state index contributed by atoms with van der Waals surface area (Å²) in [7, 11) is 0. The summed E-state index contributed by atoms with van der Waals surface area (Å²) in [6.07, 6.45) is -0.236. The first-order valence-electron chi connectivity index (χ1n) is 3.10. The van der Waals surface area contributed by atoms with Gasteiger partial charge in [-0.3, -0.25) is 4.79 Å². The highest BCUT2D eigenvalue weighted by Crippen LogP contribution is 1.89. The van der Waals surface area contributed by atoms with E-state index in [-0.39, 0.29) is 18.0 Å². The molecule has 0 fully saturated rings. The van der Waals surface area contributed by atoms with E-state index in [1.807, 2.05) is 13.8 Å². The van der Waals surface area contributed by atoms with Gasteiger partial charge in [-0.2, -0.15) is 0 Å². The SMILES string of the molecule is CC(N)NC(=O)C(C)C. The average molecular weight is 130 g/mol. The molecule has 3 nitrogen and oxygen atoms in total. The van der Waals surface area contributed by atoms with Crippen LogP contribution in [0.5, 0.6) is 0 Å². The molecule has 1 atom stereocenters. The van der Waals surface area contributed by atoms with Crippen molar-refractivity contribution in [3.8, 4) is 0 Å². The summed E-state index contributed by atoms with van der Waals surface area (Å²) in [6, 6.07) is 0. The third kappa shape index (κ3) is 3.97. The second-order valence-electron chi connectivity index (χ2n) is 2.45. The number of carbonyl (C=O) groups excluding carboxylic acids is 1. The number of rotatable bonds is 2. The fourth-order valence-corrected chi connectivity index (χ4v) is 0.391. The van der Waals surface area contributed by atoms with E-state index < -0.39 is 0 Å². The van der Waals surface area contributed by atoms with Crippen LogP contribution in [0.4, 0.5) is 0 Å². The van der Waals surface area contributed by atoms with Gasteiger partial charge in [0.15, 0.2) is 0 Å². The highest BCUT2D eigenvalue weighted by atomic mass is 16.1. The van der Waals surface area contributed by atoms with Gasteiger partial charge in [0, 0.05) is 5.92 Å². The second-order valence-corrected chi connectivity index (χ2v) is 2.45. The molecule has 0 spiro atoms. The van der Waals surface area contributed by atoms with E-state index in [4.69, 9.17) is 5.73 Å². The van der Waals surface area contributed by atoms with Crippen molar-refractivity contribution in [1.82, 2.24) is 5.32 Å². The third-order valence-corrected chi connectivity index (χ3v) is 0.894. The number of nitrogens with one attached hydrogen (secondary N) is 1. The summed E-state index contributed by atoms with van der Waals surface area (Å²) >= 11 is 0. The number of amides is 1. The molecule has 0 heterocycles. The molecule has 0 aromatic heterocycles. The molecule has 0 aliphatic rings. The number of nitrogens with two attached hydrogens (primary N) is 1. The summed E-state index contributed by atoms with van der Waals surface area (Å²) < 4.78 is 0. The summed E-state index contributed by atoms with van der Waals surface area (Å²) in [4.78, 5) is 10.8. The van der Waals surface area contributed by atoms with E-state index in [0.717, 1.165) is 0 Å². The molecule has 0 aromatic carbocycles. The number of carbonyl (C=O) groups is 1. The van der Waals surface area contributed by atoms with Crippen LogP contribution >= 0.6 is 0 Å². The maximum absolute atomic E-state index is 10.8. The van der Waals surface area contributed by atoms with Crippen molar-refractivity contribution in [3.05, 3.63) is 0 Å². The molecule has 1 unspecified atom stereocenters. The molecular formula is C6H14N2O. The molecule has 0 saturated heterocycles. The minimum atomic E-state index is -0.236. The van der Waals surface area contributed by atoms with Gasteiger partial charge >= 0.3 is 0 Å². The topological polar surface area (TPSA) is 55.1 Å². The first-order valence-corrected chi connectivity index (χ1v) is 3.10. The van der Waals surface area contributed by atoms with Gasteiger partial charge in [-0.25, -0.2) is 0 Å². The van der Waals surface area contributed by atoms with Gasteiger partial charge in [0.05, 0.1) is 6.17 Å². The molecule has 9 heavy (non-hydrogen) atoms. The molecule has 1 amide bonds. The molecule has 0 aliphatic heterocycles. The van der Waals surface area contributed by atoms with Gasteiger partial charge < -0.3 is 11.1 Å². The Kier molecular flexibility index (Phi) is 3.24. The molecule has 0 aromatic rings. The monoisotopic (exact) mass is 130 g/mol. The van der Waals surface area contributed by atoms with Crippen LogP contribution in [-0.2, 0) is 4.79 Å². The molecule has 0 aliphatic carbocycles. The van der Waals surface area contributed by atoms with Crippen LogP contribution in [0.25, 0.3) is 0 Å². The van der Waals surface area contributed by atoms with Gasteiger partial charge in [0.1, 0.15) is 0 Å². The second kappa shape index (κ2) is 3.45. The maximum atomic E-state index is 10.8.